The van der Waals surface area contributed by atoms with Gasteiger partial charge in [0.05, 0.1) is 0 Å². The van der Waals surface area contributed by atoms with Crippen LogP contribution in [0.5, 0.6) is 0 Å². The van der Waals surface area contributed by atoms with E-state index in [1.807, 2.05) is 36.4 Å². The minimum atomic E-state index is -0.717. The van der Waals surface area contributed by atoms with Crippen molar-refractivity contribution in [2.45, 2.75) is 51.4 Å². The summed E-state index contributed by atoms with van der Waals surface area (Å²) in [5, 5.41) is 4.43. The maximum Gasteiger partial charge on any atom is 0.528 e. The first kappa shape index (κ1) is 20.2. The molecule has 8 heteroatoms. The van der Waals surface area contributed by atoms with Crippen molar-refractivity contribution in [1.82, 2.24) is 15.9 Å². The number of nitrogens with zero attached hydrogens (tertiary/aromatic N) is 1. The molecule has 1 amide bonds. The van der Waals surface area contributed by atoms with Crippen LogP contribution in [-0.4, -0.2) is 41.4 Å². The molecule has 152 valence electrons. The summed E-state index contributed by atoms with van der Waals surface area (Å²) >= 11 is 0. The Morgan fingerprint density at radius 3 is 2.54 bits per heavy atom. The SMILES string of the molecule is CC(C)(C)OC(=O)ON1CCC2(C=C(C(=O)NCc3ccccc3)NO2)CC1. The second kappa shape index (κ2) is 8.20. The molecule has 0 aliphatic carbocycles. The molecule has 0 atom stereocenters. The highest BCUT2D eigenvalue weighted by Crippen LogP contribution is 2.32. The van der Waals surface area contributed by atoms with E-state index in [0.29, 0.717) is 38.2 Å². The Morgan fingerprint density at radius 2 is 1.89 bits per heavy atom. The zero-order valence-corrected chi connectivity index (χ0v) is 16.5. The van der Waals surface area contributed by atoms with E-state index in [4.69, 9.17) is 14.4 Å². The van der Waals surface area contributed by atoms with Gasteiger partial charge in [0.2, 0.25) is 0 Å². The van der Waals surface area contributed by atoms with Crippen molar-refractivity contribution in [2.75, 3.05) is 13.1 Å². The fourth-order valence-corrected chi connectivity index (χ4v) is 3.04. The Balaban J connectivity index is 1.48. The number of carbonyl (C=O) groups excluding carboxylic acids is 2. The van der Waals surface area contributed by atoms with E-state index in [0.717, 1.165) is 5.56 Å². The largest absolute Gasteiger partial charge is 0.528 e. The van der Waals surface area contributed by atoms with Crippen LogP contribution in [0.2, 0.25) is 0 Å². The van der Waals surface area contributed by atoms with Crippen molar-refractivity contribution in [1.29, 1.82) is 0 Å². The first-order chi connectivity index (χ1) is 13.2. The number of hydrogen-bond acceptors (Lipinski definition) is 7. The molecule has 2 heterocycles. The second-order valence-corrected chi connectivity index (χ2v) is 7.98. The van der Waals surface area contributed by atoms with Gasteiger partial charge < -0.3 is 14.9 Å². The number of nitrogens with one attached hydrogen (secondary N) is 2. The minimum absolute atomic E-state index is 0.215. The van der Waals surface area contributed by atoms with Crippen molar-refractivity contribution in [3.63, 3.8) is 0 Å². The summed E-state index contributed by atoms with van der Waals surface area (Å²) < 4.78 is 5.16. The highest BCUT2D eigenvalue weighted by molar-refractivity contribution is 5.93. The van der Waals surface area contributed by atoms with Gasteiger partial charge >= 0.3 is 6.16 Å². The minimum Gasteiger partial charge on any atom is -0.427 e. The molecule has 2 N–H and O–H groups in total. The van der Waals surface area contributed by atoms with Gasteiger partial charge in [-0.05, 0) is 45.3 Å². The Morgan fingerprint density at radius 1 is 1.21 bits per heavy atom. The van der Waals surface area contributed by atoms with Crippen LogP contribution in [-0.2, 0) is 25.8 Å². The number of piperidine rings is 1. The monoisotopic (exact) mass is 389 g/mol. The first-order valence-corrected chi connectivity index (χ1v) is 9.40. The fraction of sp³-hybridized carbons (Fsp3) is 0.500. The van der Waals surface area contributed by atoms with Crippen molar-refractivity contribution in [3.8, 4) is 0 Å². The summed E-state index contributed by atoms with van der Waals surface area (Å²) in [7, 11) is 0. The van der Waals surface area contributed by atoms with Crippen LogP contribution in [0.3, 0.4) is 0 Å². The molecule has 1 aromatic rings. The number of rotatable bonds is 4. The third-order valence-corrected chi connectivity index (χ3v) is 4.47. The van der Waals surface area contributed by atoms with Crippen LogP contribution in [0.25, 0.3) is 0 Å². The quantitative estimate of drug-likeness (QED) is 0.765. The zero-order valence-electron chi connectivity index (χ0n) is 16.5. The predicted molar refractivity (Wildman–Crippen MR) is 101 cm³/mol. The summed E-state index contributed by atoms with van der Waals surface area (Å²) in [4.78, 5) is 35.1. The lowest BCUT2D eigenvalue weighted by Crippen LogP contribution is -2.45. The number of carbonyl (C=O) groups is 2. The van der Waals surface area contributed by atoms with Crippen LogP contribution in [0.15, 0.2) is 42.1 Å². The van der Waals surface area contributed by atoms with Crippen LogP contribution < -0.4 is 10.8 Å². The van der Waals surface area contributed by atoms with Gasteiger partial charge in [0.25, 0.3) is 5.91 Å². The molecule has 0 unspecified atom stereocenters. The first-order valence-electron chi connectivity index (χ1n) is 9.40. The lowest BCUT2D eigenvalue weighted by molar-refractivity contribution is -0.179. The highest BCUT2D eigenvalue weighted by atomic mass is 16.8. The molecule has 0 bridgehead atoms. The standard InChI is InChI=1S/C20H27N3O5/c1-19(2,3)26-18(25)27-23-11-9-20(10-12-23)13-16(22-28-20)17(24)21-14-15-7-5-4-6-8-15/h4-8,13,22H,9-12,14H2,1-3H3,(H,21,24). The molecule has 1 fully saturated rings. The number of amides is 1. The Hall–Kier alpha value is -2.58. The van der Waals surface area contributed by atoms with Gasteiger partial charge in [-0.1, -0.05) is 30.3 Å². The maximum absolute atomic E-state index is 12.4. The third-order valence-electron chi connectivity index (χ3n) is 4.47. The van der Waals surface area contributed by atoms with Crippen LogP contribution >= 0.6 is 0 Å². The number of benzene rings is 1. The van der Waals surface area contributed by atoms with E-state index in [-0.39, 0.29) is 5.91 Å². The lowest BCUT2D eigenvalue weighted by Gasteiger charge is -2.35. The fourth-order valence-electron chi connectivity index (χ4n) is 3.04. The normalized spacial score (nSPS) is 18.9. The molecule has 0 saturated carbocycles. The summed E-state index contributed by atoms with van der Waals surface area (Å²) in [6, 6.07) is 9.70. The molecule has 2 aliphatic heterocycles. The number of ether oxygens (including phenoxy) is 1. The molecule has 0 radical (unpaired) electrons. The predicted octanol–water partition coefficient (Wildman–Crippen LogP) is 2.42. The maximum atomic E-state index is 12.4. The summed E-state index contributed by atoms with van der Waals surface area (Å²) in [5.74, 6) is -0.215. The zero-order chi connectivity index (χ0) is 20.2. The van der Waals surface area contributed by atoms with Gasteiger partial charge in [0.1, 0.15) is 16.9 Å². The van der Waals surface area contributed by atoms with Gasteiger partial charge in [0, 0.05) is 19.6 Å². The van der Waals surface area contributed by atoms with Crippen LogP contribution in [0.1, 0.15) is 39.2 Å². The Bertz CT molecular complexity index is 734. The van der Waals surface area contributed by atoms with E-state index in [1.54, 1.807) is 25.8 Å². The average Bonchev–Trinajstić information content (AvgIpc) is 3.05. The molecule has 8 nitrogen and oxygen atoms in total. The molecular weight excluding hydrogens is 362 g/mol. The van der Waals surface area contributed by atoms with Crippen molar-refractivity contribution >= 4 is 12.1 Å². The molecular formula is C20H27N3O5. The lowest BCUT2D eigenvalue weighted by atomic mass is 9.92. The van der Waals surface area contributed by atoms with Gasteiger partial charge in [-0.2, -0.15) is 0 Å². The summed E-state index contributed by atoms with van der Waals surface area (Å²) in [5.41, 5.74) is 2.99. The second-order valence-electron chi connectivity index (χ2n) is 7.98. The van der Waals surface area contributed by atoms with Crippen molar-refractivity contribution in [3.05, 3.63) is 47.7 Å². The third kappa shape index (κ3) is 5.46. The van der Waals surface area contributed by atoms with Gasteiger partial charge in [-0.25, -0.2) is 4.79 Å². The Kier molecular flexibility index (Phi) is 5.90. The van der Waals surface area contributed by atoms with E-state index < -0.39 is 17.4 Å². The molecule has 1 spiro atoms. The van der Waals surface area contributed by atoms with Crippen LogP contribution in [0.4, 0.5) is 4.79 Å². The number of hydroxylamine groups is 3. The van der Waals surface area contributed by atoms with E-state index in [1.165, 1.54) is 0 Å². The van der Waals surface area contributed by atoms with Crippen molar-refractivity contribution in [2.24, 2.45) is 0 Å². The average molecular weight is 389 g/mol. The summed E-state index contributed by atoms with van der Waals surface area (Å²) in [6.07, 6.45) is 2.26. The smallest absolute Gasteiger partial charge is 0.427 e. The molecule has 2 aliphatic rings. The molecule has 0 aromatic heterocycles. The van der Waals surface area contributed by atoms with Gasteiger partial charge in [0.15, 0.2) is 0 Å². The van der Waals surface area contributed by atoms with E-state index >= 15 is 0 Å². The highest BCUT2D eigenvalue weighted by Gasteiger charge is 2.41. The molecule has 1 saturated heterocycles. The van der Waals surface area contributed by atoms with Crippen molar-refractivity contribution < 1.29 is 24.0 Å². The molecule has 3 rings (SSSR count). The topological polar surface area (TPSA) is 89.1 Å². The Labute approximate surface area is 164 Å². The van der Waals surface area contributed by atoms with Gasteiger partial charge in [-0.3, -0.25) is 15.1 Å². The molecule has 1 aromatic carbocycles. The van der Waals surface area contributed by atoms with Gasteiger partial charge in [-0.15, -0.1) is 5.06 Å². The van der Waals surface area contributed by atoms with E-state index in [9.17, 15) is 9.59 Å². The van der Waals surface area contributed by atoms with Crippen LogP contribution in [0, 0.1) is 0 Å². The van der Waals surface area contributed by atoms with E-state index in [2.05, 4.69) is 10.8 Å². The number of hydrogen-bond donors (Lipinski definition) is 2. The molecule has 28 heavy (non-hydrogen) atoms. The summed E-state index contributed by atoms with van der Waals surface area (Å²) in [6.45, 7) is 6.77.